The second-order valence-corrected chi connectivity index (χ2v) is 9.15. The molecule has 1 aromatic carbocycles. The van der Waals surface area contributed by atoms with Crippen molar-refractivity contribution in [1.82, 2.24) is 25.9 Å². The summed E-state index contributed by atoms with van der Waals surface area (Å²) in [6.07, 6.45) is 2.53. The second-order valence-electron chi connectivity index (χ2n) is 9.15. The normalized spacial score (nSPS) is 13.6. The highest BCUT2D eigenvalue weighted by atomic mass is 16.4. The zero-order valence-electron chi connectivity index (χ0n) is 22.2. The summed E-state index contributed by atoms with van der Waals surface area (Å²) >= 11 is 0. The molecule has 3 amide bonds. The number of amides is 3. The van der Waals surface area contributed by atoms with Crippen molar-refractivity contribution < 1.29 is 34.2 Å². The van der Waals surface area contributed by atoms with E-state index >= 15 is 0 Å². The molecule has 0 spiro atoms. The zero-order chi connectivity index (χ0) is 30.4. The first-order valence-electron chi connectivity index (χ1n) is 12.6. The molecule has 222 valence electrons. The first-order valence-corrected chi connectivity index (χ1v) is 12.6. The molecule has 0 bridgehead atoms. The van der Waals surface area contributed by atoms with Crippen molar-refractivity contribution in [2.24, 2.45) is 22.2 Å². The van der Waals surface area contributed by atoms with Crippen LogP contribution in [-0.4, -0.2) is 86.5 Å². The van der Waals surface area contributed by atoms with E-state index in [9.17, 15) is 29.1 Å². The van der Waals surface area contributed by atoms with Gasteiger partial charge in [-0.3, -0.25) is 24.2 Å². The lowest BCUT2D eigenvalue weighted by atomic mass is 10.0. The minimum atomic E-state index is -1.73. The van der Waals surface area contributed by atoms with E-state index in [0.717, 1.165) is 0 Å². The molecule has 2 rings (SSSR count). The SMILES string of the molecule is NC(N)=NCCCC(N)C(=O)NC(Cc1cnc[nH]1)C(=O)NC(Cc1ccccc1)C(=O)NC(CC(=O)O)C(=O)O. The lowest BCUT2D eigenvalue weighted by Crippen LogP contribution is -2.58. The van der Waals surface area contributed by atoms with E-state index in [1.165, 1.54) is 12.5 Å². The van der Waals surface area contributed by atoms with Crippen LogP contribution in [0.3, 0.4) is 0 Å². The smallest absolute Gasteiger partial charge is 0.326 e. The molecule has 41 heavy (non-hydrogen) atoms. The quantitative estimate of drug-likeness (QED) is 0.0545. The van der Waals surface area contributed by atoms with E-state index in [1.807, 2.05) is 0 Å². The number of aromatic amines is 1. The Balaban J connectivity index is 2.22. The number of carbonyl (C=O) groups is 5. The molecular formula is C25H35N9O7. The van der Waals surface area contributed by atoms with Crippen LogP contribution in [0.5, 0.6) is 0 Å². The van der Waals surface area contributed by atoms with Crippen LogP contribution in [-0.2, 0) is 36.8 Å². The average Bonchev–Trinajstić information content (AvgIpc) is 3.43. The topological polar surface area (TPSA) is 281 Å². The summed E-state index contributed by atoms with van der Waals surface area (Å²) in [7, 11) is 0. The van der Waals surface area contributed by atoms with Crippen LogP contribution >= 0.6 is 0 Å². The van der Waals surface area contributed by atoms with Gasteiger partial charge in [-0.15, -0.1) is 0 Å². The van der Waals surface area contributed by atoms with E-state index in [1.54, 1.807) is 30.3 Å². The molecule has 0 aliphatic carbocycles. The molecule has 4 atom stereocenters. The van der Waals surface area contributed by atoms with E-state index in [0.29, 0.717) is 17.7 Å². The number of nitrogens with two attached hydrogens (primary N) is 3. The highest BCUT2D eigenvalue weighted by molar-refractivity contribution is 5.95. The predicted molar refractivity (Wildman–Crippen MR) is 146 cm³/mol. The number of benzene rings is 1. The molecule has 0 fully saturated rings. The summed E-state index contributed by atoms with van der Waals surface area (Å²) in [6, 6.07) is 3.35. The van der Waals surface area contributed by atoms with Gasteiger partial charge in [-0.1, -0.05) is 30.3 Å². The van der Waals surface area contributed by atoms with Crippen LogP contribution in [0.2, 0.25) is 0 Å². The number of carbonyl (C=O) groups excluding carboxylic acids is 3. The van der Waals surface area contributed by atoms with Gasteiger partial charge < -0.3 is 48.3 Å². The number of aliphatic carboxylic acids is 2. The highest BCUT2D eigenvalue weighted by Crippen LogP contribution is 2.07. The van der Waals surface area contributed by atoms with Gasteiger partial charge in [-0.2, -0.15) is 0 Å². The Kier molecular flexibility index (Phi) is 12.7. The van der Waals surface area contributed by atoms with Crippen molar-refractivity contribution in [1.29, 1.82) is 0 Å². The van der Waals surface area contributed by atoms with Crippen molar-refractivity contribution in [2.75, 3.05) is 6.54 Å². The maximum Gasteiger partial charge on any atom is 0.326 e. The number of nitrogens with one attached hydrogen (secondary N) is 4. The van der Waals surface area contributed by atoms with Crippen molar-refractivity contribution in [3.63, 3.8) is 0 Å². The van der Waals surface area contributed by atoms with Gasteiger partial charge in [0.2, 0.25) is 17.7 Å². The number of aliphatic imine (C=N–C) groups is 1. The first kappa shape index (κ1) is 32.2. The number of guanidine groups is 1. The van der Waals surface area contributed by atoms with Crippen LogP contribution in [0.25, 0.3) is 0 Å². The molecule has 2 aromatic rings. The fourth-order valence-corrected chi connectivity index (χ4v) is 3.73. The Hall–Kier alpha value is -4.99. The Morgan fingerprint density at radius 1 is 0.902 bits per heavy atom. The molecular weight excluding hydrogens is 538 g/mol. The lowest BCUT2D eigenvalue weighted by molar-refractivity contribution is -0.147. The van der Waals surface area contributed by atoms with Gasteiger partial charge in [0.05, 0.1) is 18.8 Å². The van der Waals surface area contributed by atoms with Crippen LogP contribution < -0.4 is 33.2 Å². The number of nitrogens with zero attached hydrogens (tertiary/aromatic N) is 2. The fraction of sp³-hybridized carbons (Fsp3) is 0.400. The lowest BCUT2D eigenvalue weighted by Gasteiger charge is -2.25. The van der Waals surface area contributed by atoms with Gasteiger partial charge in [0, 0.05) is 31.3 Å². The number of carboxylic acid groups (broad SMARTS) is 2. The van der Waals surface area contributed by atoms with E-state index in [-0.39, 0.29) is 31.8 Å². The monoisotopic (exact) mass is 573 g/mol. The van der Waals surface area contributed by atoms with E-state index in [2.05, 4.69) is 30.9 Å². The Morgan fingerprint density at radius 3 is 2.07 bits per heavy atom. The summed E-state index contributed by atoms with van der Waals surface area (Å²) < 4.78 is 0. The number of carboxylic acids is 2. The Morgan fingerprint density at radius 2 is 1.51 bits per heavy atom. The zero-order valence-corrected chi connectivity index (χ0v) is 22.2. The summed E-state index contributed by atoms with van der Waals surface area (Å²) in [5.41, 5.74) is 17.7. The molecule has 1 heterocycles. The molecule has 4 unspecified atom stereocenters. The minimum absolute atomic E-state index is 0.0330. The van der Waals surface area contributed by atoms with Crippen LogP contribution in [0.15, 0.2) is 47.8 Å². The first-order chi connectivity index (χ1) is 19.5. The standard InChI is InChI=1S/C25H35N9O7/c26-16(7-4-8-30-25(27)28)21(37)32-18(10-15-12-29-13-31-15)23(39)33-17(9-14-5-2-1-3-6-14)22(38)34-19(24(40)41)11-20(35)36/h1-3,5-6,12-13,16-19H,4,7-11,26H2,(H,29,31)(H,32,37)(H,33,39)(H,34,38)(H,35,36)(H,40,41)(H4,27,28,30). The largest absolute Gasteiger partial charge is 0.481 e. The fourth-order valence-electron chi connectivity index (χ4n) is 3.73. The summed E-state index contributed by atoms with van der Waals surface area (Å²) in [6.45, 7) is 0.261. The summed E-state index contributed by atoms with van der Waals surface area (Å²) in [5.74, 6) is -5.39. The molecule has 1 aromatic heterocycles. The minimum Gasteiger partial charge on any atom is -0.481 e. The molecule has 0 aliphatic rings. The van der Waals surface area contributed by atoms with Crippen LogP contribution in [0, 0.1) is 0 Å². The van der Waals surface area contributed by atoms with Crippen molar-refractivity contribution in [3.8, 4) is 0 Å². The predicted octanol–water partition coefficient (Wildman–Crippen LogP) is -2.41. The number of rotatable bonds is 17. The molecule has 12 N–H and O–H groups in total. The maximum absolute atomic E-state index is 13.4. The van der Waals surface area contributed by atoms with Crippen molar-refractivity contribution in [2.45, 2.75) is 56.3 Å². The number of hydrogen-bond donors (Lipinski definition) is 9. The number of imidazole rings is 1. The molecule has 16 nitrogen and oxygen atoms in total. The van der Waals surface area contributed by atoms with Gasteiger partial charge in [0.25, 0.3) is 0 Å². The Labute approximate surface area is 235 Å². The van der Waals surface area contributed by atoms with Gasteiger partial charge in [-0.25, -0.2) is 9.78 Å². The van der Waals surface area contributed by atoms with E-state index in [4.69, 9.17) is 22.3 Å². The molecule has 0 saturated carbocycles. The molecule has 0 aliphatic heterocycles. The third-order valence-electron chi connectivity index (χ3n) is 5.83. The number of hydrogen-bond acceptors (Lipinski definition) is 8. The second kappa shape index (κ2) is 16.2. The molecule has 16 heteroatoms. The van der Waals surface area contributed by atoms with Gasteiger partial charge in [-0.05, 0) is 18.4 Å². The molecule has 0 saturated heterocycles. The summed E-state index contributed by atoms with van der Waals surface area (Å²) in [5, 5.41) is 25.7. The summed E-state index contributed by atoms with van der Waals surface area (Å²) in [4.78, 5) is 72.5. The highest BCUT2D eigenvalue weighted by Gasteiger charge is 2.31. The third kappa shape index (κ3) is 11.7. The molecule has 0 radical (unpaired) electrons. The number of H-pyrrole nitrogens is 1. The third-order valence-corrected chi connectivity index (χ3v) is 5.83. The van der Waals surface area contributed by atoms with Gasteiger partial charge in [0.15, 0.2) is 5.96 Å². The van der Waals surface area contributed by atoms with Crippen LogP contribution in [0.1, 0.15) is 30.5 Å². The average molecular weight is 574 g/mol. The van der Waals surface area contributed by atoms with Crippen molar-refractivity contribution >= 4 is 35.6 Å². The van der Waals surface area contributed by atoms with Gasteiger partial charge in [0.1, 0.15) is 18.1 Å². The van der Waals surface area contributed by atoms with Crippen LogP contribution in [0.4, 0.5) is 0 Å². The van der Waals surface area contributed by atoms with Crippen molar-refractivity contribution in [3.05, 3.63) is 54.1 Å². The van der Waals surface area contributed by atoms with Gasteiger partial charge >= 0.3 is 11.9 Å². The Bertz CT molecular complexity index is 1200. The maximum atomic E-state index is 13.4. The number of aromatic nitrogens is 2. The van der Waals surface area contributed by atoms with E-state index < -0.39 is 60.2 Å².